The summed E-state index contributed by atoms with van der Waals surface area (Å²) in [6.07, 6.45) is 2.89. The molecule has 1 aliphatic rings. The Kier molecular flexibility index (Phi) is 4.64. The smallest absolute Gasteiger partial charge is 0.310 e. The molecule has 24 heavy (non-hydrogen) atoms. The fourth-order valence-electron chi connectivity index (χ4n) is 3.11. The number of likely N-dealkylation sites (tertiary alicyclic amines) is 1. The molecule has 2 aromatic rings. The van der Waals surface area contributed by atoms with E-state index in [-0.39, 0.29) is 28.8 Å². The van der Waals surface area contributed by atoms with Crippen LogP contribution in [0.3, 0.4) is 0 Å². The fraction of sp³-hybridized carbons (Fsp3) is 0.389. The first kappa shape index (κ1) is 16.2. The number of para-hydroxylation sites is 1. The number of hydrogen-bond acceptors (Lipinski definition) is 4. The molecule has 1 saturated heterocycles. The van der Waals surface area contributed by atoms with Crippen LogP contribution in [0.5, 0.6) is 0 Å². The van der Waals surface area contributed by atoms with Crippen molar-refractivity contribution in [1.29, 1.82) is 0 Å². The summed E-state index contributed by atoms with van der Waals surface area (Å²) in [6.45, 7) is 2.93. The van der Waals surface area contributed by atoms with Gasteiger partial charge in [-0.1, -0.05) is 12.1 Å². The molecule has 1 aliphatic heterocycles. The minimum Gasteiger partial charge on any atom is -0.466 e. The molecule has 1 amide bonds. The fourth-order valence-corrected chi connectivity index (χ4v) is 3.11. The van der Waals surface area contributed by atoms with Gasteiger partial charge in [-0.3, -0.25) is 14.4 Å². The Labute approximate surface area is 139 Å². The first-order valence-electron chi connectivity index (χ1n) is 8.18. The second-order valence-corrected chi connectivity index (χ2v) is 5.92. The molecule has 6 nitrogen and oxygen atoms in total. The SMILES string of the molecule is CCOC(=O)C1CCCN(C(=O)c2c[nH]c3ccccc3c2=O)C1. The summed E-state index contributed by atoms with van der Waals surface area (Å²) in [5, 5.41) is 0.488. The van der Waals surface area contributed by atoms with Gasteiger partial charge in [0.15, 0.2) is 0 Å². The van der Waals surface area contributed by atoms with Crippen molar-refractivity contribution in [3.63, 3.8) is 0 Å². The Hall–Kier alpha value is -2.63. The molecule has 0 spiro atoms. The van der Waals surface area contributed by atoms with Gasteiger partial charge in [-0.25, -0.2) is 0 Å². The maximum Gasteiger partial charge on any atom is 0.310 e. The number of nitrogens with one attached hydrogen (secondary N) is 1. The van der Waals surface area contributed by atoms with Crippen molar-refractivity contribution in [2.75, 3.05) is 19.7 Å². The van der Waals surface area contributed by atoms with Crippen LogP contribution in [0.2, 0.25) is 0 Å². The highest BCUT2D eigenvalue weighted by molar-refractivity contribution is 5.97. The van der Waals surface area contributed by atoms with Crippen LogP contribution in [0.25, 0.3) is 10.9 Å². The summed E-state index contributed by atoms with van der Waals surface area (Å²) in [5.74, 6) is -0.930. The third-order valence-electron chi connectivity index (χ3n) is 4.35. The van der Waals surface area contributed by atoms with Crippen molar-refractivity contribution in [3.05, 3.63) is 46.2 Å². The monoisotopic (exact) mass is 328 g/mol. The Bertz CT molecular complexity index is 827. The van der Waals surface area contributed by atoms with Crippen LogP contribution < -0.4 is 5.43 Å². The number of esters is 1. The molecule has 1 N–H and O–H groups in total. The van der Waals surface area contributed by atoms with Crippen LogP contribution >= 0.6 is 0 Å². The lowest BCUT2D eigenvalue weighted by Crippen LogP contribution is -2.44. The van der Waals surface area contributed by atoms with Gasteiger partial charge in [-0.15, -0.1) is 0 Å². The van der Waals surface area contributed by atoms with Crippen molar-refractivity contribution < 1.29 is 14.3 Å². The number of fused-ring (bicyclic) bond motifs is 1. The largest absolute Gasteiger partial charge is 0.466 e. The molecule has 6 heteroatoms. The van der Waals surface area contributed by atoms with Gasteiger partial charge in [0.2, 0.25) is 5.43 Å². The molecule has 0 bridgehead atoms. The Morgan fingerprint density at radius 2 is 2.12 bits per heavy atom. The molecule has 3 rings (SSSR count). The van der Waals surface area contributed by atoms with Crippen molar-refractivity contribution >= 4 is 22.8 Å². The predicted molar refractivity (Wildman–Crippen MR) is 89.8 cm³/mol. The molecule has 126 valence electrons. The zero-order valence-corrected chi connectivity index (χ0v) is 13.6. The zero-order valence-electron chi connectivity index (χ0n) is 13.6. The Morgan fingerprint density at radius 3 is 2.92 bits per heavy atom. The number of aromatic amines is 1. The van der Waals surface area contributed by atoms with Crippen LogP contribution in [0.15, 0.2) is 35.3 Å². The summed E-state index contributed by atoms with van der Waals surface area (Å²) in [6, 6.07) is 7.09. The summed E-state index contributed by atoms with van der Waals surface area (Å²) in [4.78, 5) is 41.8. The van der Waals surface area contributed by atoms with Crippen LogP contribution in [0, 0.1) is 5.92 Å². The molecule has 1 unspecified atom stereocenters. The average molecular weight is 328 g/mol. The van der Waals surface area contributed by atoms with E-state index in [1.165, 1.54) is 6.20 Å². The number of carbonyl (C=O) groups excluding carboxylic acids is 2. The highest BCUT2D eigenvalue weighted by atomic mass is 16.5. The molecule has 0 aliphatic carbocycles. The summed E-state index contributed by atoms with van der Waals surface area (Å²) in [7, 11) is 0. The average Bonchev–Trinajstić information content (AvgIpc) is 2.62. The van der Waals surface area contributed by atoms with Crippen LogP contribution in [0.4, 0.5) is 0 Å². The van der Waals surface area contributed by atoms with Gasteiger partial charge >= 0.3 is 5.97 Å². The highest BCUT2D eigenvalue weighted by Crippen LogP contribution is 2.19. The van der Waals surface area contributed by atoms with Gasteiger partial charge in [-0.2, -0.15) is 0 Å². The number of nitrogens with zero attached hydrogens (tertiary/aromatic N) is 1. The van der Waals surface area contributed by atoms with Crippen LogP contribution in [-0.2, 0) is 9.53 Å². The van der Waals surface area contributed by atoms with E-state index in [1.54, 1.807) is 30.0 Å². The van der Waals surface area contributed by atoms with Crippen molar-refractivity contribution in [2.45, 2.75) is 19.8 Å². The van der Waals surface area contributed by atoms with E-state index >= 15 is 0 Å². The molecule has 2 heterocycles. The van der Waals surface area contributed by atoms with Gasteiger partial charge in [0.05, 0.1) is 12.5 Å². The van der Waals surface area contributed by atoms with E-state index in [0.29, 0.717) is 37.0 Å². The number of aromatic nitrogens is 1. The van der Waals surface area contributed by atoms with Crippen molar-refractivity contribution in [1.82, 2.24) is 9.88 Å². The van der Waals surface area contributed by atoms with Crippen LogP contribution in [-0.4, -0.2) is 41.5 Å². The van der Waals surface area contributed by atoms with E-state index in [2.05, 4.69) is 4.98 Å². The summed E-state index contributed by atoms with van der Waals surface area (Å²) in [5.41, 5.74) is 0.521. The maximum atomic E-state index is 12.7. The second-order valence-electron chi connectivity index (χ2n) is 5.92. The van der Waals surface area contributed by atoms with Gasteiger partial charge in [0, 0.05) is 30.2 Å². The molecule has 0 radical (unpaired) electrons. The van der Waals surface area contributed by atoms with E-state index < -0.39 is 0 Å². The number of H-pyrrole nitrogens is 1. The van der Waals surface area contributed by atoms with Crippen molar-refractivity contribution in [3.8, 4) is 0 Å². The van der Waals surface area contributed by atoms with E-state index in [0.717, 1.165) is 6.42 Å². The number of carbonyl (C=O) groups is 2. The second kappa shape index (κ2) is 6.86. The lowest BCUT2D eigenvalue weighted by atomic mass is 9.97. The quantitative estimate of drug-likeness (QED) is 0.873. The molecular formula is C18H20N2O4. The minimum absolute atomic E-state index is 0.109. The van der Waals surface area contributed by atoms with E-state index in [1.807, 2.05) is 6.07 Å². The Morgan fingerprint density at radius 1 is 1.33 bits per heavy atom. The first-order valence-corrected chi connectivity index (χ1v) is 8.18. The third kappa shape index (κ3) is 3.04. The predicted octanol–water partition coefficient (Wildman–Crippen LogP) is 1.94. The van der Waals surface area contributed by atoms with Crippen molar-refractivity contribution in [2.24, 2.45) is 5.92 Å². The topological polar surface area (TPSA) is 79.5 Å². The number of ether oxygens (including phenoxy) is 1. The highest BCUT2D eigenvalue weighted by Gasteiger charge is 2.30. The molecular weight excluding hydrogens is 308 g/mol. The maximum absolute atomic E-state index is 12.7. The molecule has 1 aromatic carbocycles. The molecule has 1 aromatic heterocycles. The van der Waals surface area contributed by atoms with Gasteiger partial charge in [0.25, 0.3) is 5.91 Å². The number of pyridine rings is 1. The Balaban J connectivity index is 1.85. The minimum atomic E-state index is -0.337. The number of amides is 1. The summed E-state index contributed by atoms with van der Waals surface area (Å²) >= 11 is 0. The van der Waals surface area contributed by atoms with Gasteiger partial charge in [-0.05, 0) is 31.9 Å². The van der Waals surface area contributed by atoms with E-state index in [9.17, 15) is 14.4 Å². The normalized spacial score (nSPS) is 17.7. The lowest BCUT2D eigenvalue weighted by Gasteiger charge is -2.31. The van der Waals surface area contributed by atoms with E-state index in [4.69, 9.17) is 4.74 Å². The summed E-state index contributed by atoms with van der Waals surface area (Å²) < 4.78 is 5.05. The molecule has 1 fully saturated rings. The number of hydrogen-bond donors (Lipinski definition) is 1. The first-order chi connectivity index (χ1) is 11.6. The number of rotatable bonds is 3. The third-order valence-corrected chi connectivity index (χ3v) is 4.35. The lowest BCUT2D eigenvalue weighted by molar-refractivity contribution is -0.149. The van der Waals surface area contributed by atoms with Gasteiger partial charge in [0.1, 0.15) is 5.56 Å². The molecule has 1 atom stereocenters. The standard InChI is InChI=1S/C18H20N2O4/c1-2-24-18(23)12-6-5-9-20(11-12)17(22)14-10-19-15-8-4-3-7-13(15)16(14)21/h3-4,7-8,10,12H,2,5-6,9,11H2,1H3,(H,19,21). The number of benzene rings is 1. The van der Waals surface area contributed by atoms with Crippen LogP contribution in [0.1, 0.15) is 30.1 Å². The molecule has 0 saturated carbocycles. The van der Waals surface area contributed by atoms with Gasteiger partial charge < -0.3 is 14.6 Å². The number of piperidine rings is 1. The zero-order chi connectivity index (χ0) is 17.1.